The molecule has 1 N–H and O–H groups in total. The summed E-state index contributed by atoms with van der Waals surface area (Å²) in [6, 6.07) is 6.01. The minimum Gasteiger partial charge on any atom is -0.316 e. The van der Waals surface area contributed by atoms with Gasteiger partial charge in [0.15, 0.2) is 0 Å². The van der Waals surface area contributed by atoms with Gasteiger partial charge in [-0.15, -0.1) is 0 Å². The molecule has 0 bridgehead atoms. The fraction of sp³-hybridized carbons (Fsp3) is 0.500. The molecule has 0 aliphatic heterocycles. The average Bonchev–Trinajstić information content (AvgIpc) is 2.42. The molecule has 0 atom stereocenters. The van der Waals surface area contributed by atoms with Crippen molar-refractivity contribution in [3.8, 4) is 0 Å². The Morgan fingerprint density at radius 1 is 1.37 bits per heavy atom. The van der Waals surface area contributed by atoms with Crippen LogP contribution in [0.1, 0.15) is 37.7 Å². The smallest absolute Gasteiger partial charge is 0.0417 e. The third-order valence-electron chi connectivity index (χ3n) is 3.81. The average molecular weight is 343 g/mol. The molecule has 1 nitrogen and oxygen atoms in total. The fourth-order valence-electron chi connectivity index (χ4n) is 2.81. The van der Waals surface area contributed by atoms with E-state index in [0.29, 0.717) is 0 Å². The highest BCUT2D eigenvalue weighted by Gasteiger charge is 2.17. The van der Waals surface area contributed by atoms with Gasteiger partial charge in [0.05, 0.1) is 0 Å². The van der Waals surface area contributed by atoms with Crippen LogP contribution in [0.2, 0.25) is 5.02 Å². The zero-order valence-corrected chi connectivity index (χ0v) is 13.7. The minimum absolute atomic E-state index is 0.740. The van der Waals surface area contributed by atoms with Crippen LogP contribution < -0.4 is 5.32 Å². The quantitative estimate of drug-likeness (QED) is 0.784. The van der Waals surface area contributed by atoms with Crippen molar-refractivity contribution in [2.75, 3.05) is 13.6 Å². The standard InChI is InChI=1S/C16H21BrClN/c1-19-11-14(12-5-3-2-4-6-12)9-13-7-8-15(18)10-16(13)17/h7-10,12,19H,2-6,11H2,1H3/b14-9-. The summed E-state index contributed by atoms with van der Waals surface area (Å²) in [4.78, 5) is 0. The molecule has 0 unspecified atom stereocenters. The van der Waals surface area contributed by atoms with Crippen molar-refractivity contribution >= 4 is 33.6 Å². The number of nitrogens with one attached hydrogen (secondary N) is 1. The number of rotatable bonds is 4. The largest absolute Gasteiger partial charge is 0.316 e. The molecule has 0 aromatic heterocycles. The topological polar surface area (TPSA) is 12.0 Å². The van der Waals surface area contributed by atoms with E-state index in [1.807, 2.05) is 19.2 Å². The van der Waals surface area contributed by atoms with Crippen molar-refractivity contribution in [1.82, 2.24) is 5.32 Å². The predicted molar refractivity (Wildman–Crippen MR) is 87.6 cm³/mol. The van der Waals surface area contributed by atoms with E-state index in [1.165, 1.54) is 43.2 Å². The van der Waals surface area contributed by atoms with Crippen LogP contribution in [0, 0.1) is 5.92 Å². The van der Waals surface area contributed by atoms with Crippen molar-refractivity contribution in [3.63, 3.8) is 0 Å². The normalized spacial score (nSPS) is 17.7. The van der Waals surface area contributed by atoms with Gasteiger partial charge in [0.25, 0.3) is 0 Å². The fourth-order valence-corrected chi connectivity index (χ4v) is 3.61. The second-order valence-electron chi connectivity index (χ2n) is 5.25. The molecule has 2 rings (SSSR count). The van der Waals surface area contributed by atoms with E-state index >= 15 is 0 Å². The predicted octanol–water partition coefficient (Wildman–Crippen LogP) is 5.29. The van der Waals surface area contributed by atoms with Crippen LogP contribution in [0.5, 0.6) is 0 Å². The number of hydrogen-bond acceptors (Lipinski definition) is 1. The van der Waals surface area contributed by atoms with Crippen LogP contribution in [-0.2, 0) is 0 Å². The lowest BCUT2D eigenvalue weighted by Gasteiger charge is -2.25. The summed E-state index contributed by atoms with van der Waals surface area (Å²) in [5.74, 6) is 0.740. The first-order valence-electron chi connectivity index (χ1n) is 7.01. The summed E-state index contributed by atoms with van der Waals surface area (Å²) in [7, 11) is 2.02. The van der Waals surface area contributed by atoms with Crippen LogP contribution in [0.15, 0.2) is 28.2 Å². The van der Waals surface area contributed by atoms with Crippen LogP contribution in [0.25, 0.3) is 6.08 Å². The zero-order valence-electron chi connectivity index (χ0n) is 11.4. The highest BCUT2D eigenvalue weighted by molar-refractivity contribution is 9.10. The van der Waals surface area contributed by atoms with Gasteiger partial charge in [0, 0.05) is 16.0 Å². The van der Waals surface area contributed by atoms with Crippen molar-refractivity contribution in [3.05, 3.63) is 38.8 Å². The Balaban J connectivity index is 2.23. The van der Waals surface area contributed by atoms with Gasteiger partial charge in [0.2, 0.25) is 0 Å². The summed E-state index contributed by atoms with van der Waals surface area (Å²) >= 11 is 9.60. The molecule has 0 saturated heterocycles. The Labute approximate surface area is 129 Å². The van der Waals surface area contributed by atoms with Gasteiger partial charge in [-0.25, -0.2) is 0 Å². The van der Waals surface area contributed by atoms with Gasteiger partial charge in [-0.1, -0.05) is 64.5 Å². The number of halogens is 2. The first-order valence-corrected chi connectivity index (χ1v) is 8.18. The molecular formula is C16H21BrClN. The maximum atomic E-state index is 6.00. The molecule has 3 heteroatoms. The van der Waals surface area contributed by atoms with Crippen LogP contribution >= 0.6 is 27.5 Å². The van der Waals surface area contributed by atoms with Crippen molar-refractivity contribution in [2.45, 2.75) is 32.1 Å². The zero-order chi connectivity index (χ0) is 13.7. The number of benzene rings is 1. The van der Waals surface area contributed by atoms with Crippen molar-refractivity contribution in [1.29, 1.82) is 0 Å². The van der Waals surface area contributed by atoms with Crippen LogP contribution in [0.3, 0.4) is 0 Å². The Kier molecular flexibility index (Phi) is 5.93. The second-order valence-corrected chi connectivity index (χ2v) is 6.54. The molecule has 0 spiro atoms. The van der Waals surface area contributed by atoms with Gasteiger partial charge in [0.1, 0.15) is 0 Å². The molecule has 1 saturated carbocycles. The van der Waals surface area contributed by atoms with Gasteiger partial charge in [-0.05, 0) is 43.5 Å². The lowest BCUT2D eigenvalue weighted by Crippen LogP contribution is -2.19. The van der Waals surface area contributed by atoms with Gasteiger partial charge in [-0.3, -0.25) is 0 Å². The molecule has 1 aromatic carbocycles. The second kappa shape index (κ2) is 7.47. The van der Waals surface area contributed by atoms with E-state index < -0.39 is 0 Å². The maximum absolute atomic E-state index is 6.00. The Morgan fingerprint density at radius 3 is 2.74 bits per heavy atom. The summed E-state index contributed by atoms with van der Waals surface area (Å²) < 4.78 is 1.07. The monoisotopic (exact) mass is 341 g/mol. The minimum atomic E-state index is 0.740. The van der Waals surface area contributed by atoms with E-state index in [4.69, 9.17) is 11.6 Å². The molecule has 1 aromatic rings. The maximum Gasteiger partial charge on any atom is 0.0417 e. The third kappa shape index (κ3) is 4.34. The van der Waals surface area contributed by atoms with E-state index in [2.05, 4.69) is 33.4 Å². The van der Waals surface area contributed by atoms with Crippen LogP contribution in [-0.4, -0.2) is 13.6 Å². The first kappa shape index (κ1) is 15.1. The summed E-state index contributed by atoms with van der Waals surface area (Å²) in [6.45, 7) is 0.972. The summed E-state index contributed by atoms with van der Waals surface area (Å²) in [5.41, 5.74) is 2.74. The van der Waals surface area contributed by atoms with Crippen molar-refractivity contribution < 1.29 is 0 Å². The summed E-state index contributed by atoms with van der Waals surface area (Å²) in [5, 5.41) is 4.08. The number of likely N-dealkylation sites (N-methyl/N-ethyl adjacent to an activating group) is 1. The van der Waals surface area contributed by atoms with Crippen molar-refractivity contribution in [2.24, 2.45) is 5.92 Å². The molecule has 1 fully saturated rings. The highest BCUT2D eigenvalue weighted by atomic mass is 79.9. The number of hydrogen-bond donors (Lipinski definition) is 1. The molecule has 0 radical (unpaired) electrons. The Bertz CT molecular complexity index is 450. The molecular weight excluding hydrogens is 322 g/mol. The molecule has 19 heavy (non-hydrogen) atoms. The molecule has 104 valence electrons. The van der Waals surface area contributed by atoms with Gasteiger partial charge >= 0.3 is 0 Å². The Morgan fingerprint density at radius 2 is 2.11 bits per heavy atom. The molecule has 1 aliphatic carbocycles. The van der Waals surface area contributed by atoms with E-state index in [9.17, 15) is 0 Å². The highest BCUT2D eigenvalue weighted by Crippen LogP contribution is 2.32. The van der Waals surface area contributed by atoms with Gasteiger partial charge < -0.3 is 5.32 Å². The SMILES string of the molecule is CNC/C(=C/c1ccc(Cl)cc1Br)C1CCCCC1. The molecule has 0 heterocycles. The van der Waals surface area contributed by atoms with E-state index in [0.717, 1.165) is 22.0 Å². The Hall–Kier alpha value is -0.310. The third-order valence-corrected chi connectivity index (χ3v) is 4.74. The molecule has 1 aliphatic rings. The first-order chi connectivity index (χ1) is 9.20. The van der Waals surface area contributed by atoms with E-state index in [-0.39, 0.29) is 0 Å². The van der Waals surface area contributed by atoms with Crippen LogP contribution in [0.4, 0.5) is 0 Å². The van der Waals surface area contributed by atoms with E-state index in [1.54, 1.807) is 0 Å². The molecule has 0 amide bonds. The lowest BCUT2D eigenvalue weighted by molar-refractivity contribution is 0.398. The summed E-state index contributed by atoms with van der Waals surface area (Å²) in [6.07, 6.45) is 9.12. The van der Waals surface area contributed by atoms with Gasteiger partial charge in [-0.2, -0.15) is 0 Å². The lowest BCUT2D eigenvalue weighted by atomic mass is 9.83.